The van der Waals surface area contributed by atoms with E-state index in [4.69, 9.17) is 5.73 Å². The van der Waals surface area contributed by atoms with Crippen molar-refractivity contribution in [2.75, 3.05) is 10.6 Å². The fourth-order valence-electron chi connectivity index (χ4n) is 2.16. The van der Waals surface area contributed by atoms with E-state index >= 15 is 0 Å². The normalized spacial score (nSPS) is 13.8. The summed E-state index contributed by atoms with van der Waals surface area (Å²) in [7, 11) is 0. The van der Waals surface area contributed by atoms with Crippen LogP contribution in [0.5, 0.6) is 0 Å². The first-order valence-electron chi connectivity index (χ1n) is 5.83. The molecule has 2 amide bonds. The third kappa shape index (κ3) is 1.85. The number of benzene rings is 2. The van der Waals surface area contributed by atoms with Gasteiger partial charge in [-0.1, -0.05) is 0 Å². The smallest absolute Gasteiger partial charge is 0.266 e. The summed E-state index contributed by atoms with van der Waals surface area (Å²) in [6.07, 6.45) is 0. The number of hydrogen-bond acceptors (Lipinski definition) is 3. The minimum atomic E-state index is -1.25. The van der Waals surface area contributed by atoms with Gasteiger partial charge in [-0.05, 0) is 24.3 Å². The van der Waals surface area contributed by atoms with Gasteiger partial charge in [-0.2, -0.15) is 0 Å². The molecule has 2 aromatic rings. The molecule has 0 saturated heterocycles. The van der Waals surface area contributed by atoms with Crippen LogP contribution in [-0.4, -0.2) is 11.8 Å². The Labute approximate surface area is 116 Å². The first-order chi connectivity index (χ1) is 9.90. The predicted octanol–water partition coefficient (Wildman–Crippen LogP) is 2.49. The van der Waals surface area contributed by atoms with Gasteiger partial charge in [0.05, 0.1) is 22.5 Å². The van der Waals surface area contributed by atoms with Crippen molar-refractivity contribution in [2.45, 2.75) is 0 Å². The fraction of sp³-hybridized carbons (Fsp3) is 0. The second-order valence-electron chi connectivity index (χ2n) is 4.46. The highest BCUT2D eigenvalue weighted by molar-refractivity contribution is 6.35. The summed E-state index contributed by atoms with van der Waals surface area (Å²) < 4.78 is 39.7. The van der Waals surface area contributed by atoms with Gasteiger partial charge in [0.1, 0.15) is 5.82 Å². The Balaban J connectivity index is 2.18. The Hall–Kier alpha value is -2.83. The summed E-state index contributed by atoms with van der Waals surface area (Å²) in [5.74, 6) is -4.96. The lowest BCUT2D eigenvalue weighted by molar-refractivity contribution is 0.0926. The van der Waals surface area contributed by atoms with Gasteiger partial charge >= 0.3 is 0 Å². The molecule has 4 nitrogen and oxygen atoms in total. The summed E-state index contributed by atoms with van der Waals surface area (Å²) >= 11 is 0. The highest BCUT2D eigenvalue weighted by Crippen LogP contribution is 2.33. The zero-order chi connectivity index (χ0) is 15.3. The molecule has 1 aliphatic rings. The number of anilines is 2. The predicted molar refractivity (Wildman–Crippen MR) is 68.3 cm³/mol. The van der Waals surface area contributed by atoms with Crippen molar-refractivity contribution in [1.82, 2.24) is 0 Å². The maximum atomic E-state index is 13.3. The fourth-order valence-corrected chi connectivity index (χ4v) is 2.16. The zero-order valence-corrected chi connectivity index (χ0v) is 10.4. The lowest BCUT2D eigenvalue weighted by atomic mass is 10.1. The molecule has 7 heteroatoms. The van der Waals surface area contributed by atoms with Crippen molar-refractivity contribution >= 4 is 23.2 Å². The summed E-state index contributed by atoms with van der Waals surface area (Å²) in [4.78, 5) is 24.9. The monoisotopic (exact) mass is 292 g/mol. The van der Waals surface area contributed by atoms with E-state index in [0.717, 1.165) is 12.1 Å². The van der Waals surface area contributed by atoms with Crippen LogP contribution in [-0.2, 0) is 0 Å². The van der Waals surface area contributed by atoms with E-state index in [1.807, 2.05) is 0 Å². The van der Waals surface area contributed by atoms with Crippen LogP contribution in [0.3, 0.4) is 0 Å². The van der Waals surface area contributed by atoms with E-state index in [9.17, 15) is 22.8 Å². The van der Waals surface area contributed by atoms with Crippen molar-refractivity contribution in [3.05, 3.63) is 58.9 Å². The van der Waals surface area contributed by atoms with E-state index < -0.39 is 29.3 Å². The molecule has 106 valence electrons. The van der Waals surface area contributed by atoms with Gasteiger partial charge in [0, 0.05) is 6.07 Å². The van der Waals surface area contributed by atoms with Gasteiger partial charge in [0.25, 0.3) is 11.8 Å². The zero-order valence-electron chi connectivity index (χ0n) is 10.4. The standard InChI is InChI=1S/C14H7F3N2O2/c15-6-1-2-11(18)12(3-6)19-13(20)7-4-9(16)10(17)5-8(7)14(19)21/h1-5H,18H2. The number of fused-ring (bicyclic) bond motifs is 1. The maximum absolute atomic E-state index is 13.3. The molecule has 0 aliphatic carbocycles. The number of imide groups is 1. The second-order valence-corrected chi connectivity index (χ2v) is 4.46. The summed E-state index contributed by atoms with van der Waals surface area (Å²) in [5.41, 5.74) is 4.88. The number of hydrogen-bond donors (Lipinski definition) is 1. The van der Waals surface area contributed by atoms with Crippen LogP contribution in [0.1, 0.15) is 20.7 Å². The van der Waals surface area contributed by atoms with Gasteiger partial charge in [0.15, 0.2) is 11.6 Å². The van der Waals surface area contributed by atoms with Crippen molar-refractivity contribution in [1.29, 1.82) is 0 Å². The maximum Gasteiger partial charge on any atom is 0.266 e. The topological polar surface area (TPSA) is 63.4 Å². The summed E-state index contributed by atoms with van der Waals surface area (Å²) in [6, 6.07) is 4.44. The summed E-state index contributed by atoms with van der Waals surface area (Å²) in [6.45, 7) is 0. The summed E-state index contributed by atoms with van der Waals surface area (Å²) in [5, 5.41) is 0. The van der Waals surface area contributed by atoms with Crippen LogP contribution in [0.2, 0.25) is 0 Å². The first-order valence-corrected chi connectivity index (χ1v) is 5.83. The van der Waals surface area contributed by atoms with Crippen LogP contribution < -0.4 is 10.6 Å². The molecular formula is C14H7F3N2O2. The van der Waals surface area contributed by atoms with Gasteiger partial charge in [-0.25, -0.2) is 18.1 Å². The quantitative estimate of drug-likeness (QED) is 0.649. The van der Waals surface area contributed by atoms with Crippen LogP contribution in [0.15, 0.2) is 30.3 Å². The third-order valence-electron chi connectivity index (χ3n) is 3.16. The molecule has 0 spiro atoms. The number of rotatable bonds is 1. The number of nitrogens with zero attached hydrogens (tertiary/aromatic N) is 1. The lowest BCUT2D eigenvalue weighted by Gasteiger charge is -2.16. The van der Waals surface area contributed by atoms with Crippen LogP contribution in [0.4, 0.5) is 24.5 Å². The Kier molecular flexibility index (Phi) is 2.72. The first kappa shape index (κ1) is 13.2. The molecular weight excluding hydrogens is 285 g/mol. The van der Waals surface area contributed by atoms with Crippen molar-refractivity contribution in [3.8, 4) is 0 Å². The van der Waals surface area contributed by atoms with Crippen molar-refractivity contribution in [2.24, 2.45) is 0 Å². The number of nitrogens with two attached hydrogens (primary N) is 1. The molecule has 2 N–H and O–H groups in total. The van der Waals surface area contributed by atoms with Gasteiger partial charge in [-0.3, -0.25) is 9.59 Å². The van der Waals surface area contributed by atoms with E-state index in [1.54, 1.807) is 0 Å². The largest absolute Gasteiger partial charge is 0.397 e. The highest BCUT2D eigenvalue weighted by atomic mass is 19.2. The molecule has 0 unspecified atom stereocenters. The number of carbonyl (C=O) groups is 2. The molecule has 2 aromatic carbocycles. The van der Waals surface area contributed by atoms with Crippen LogP contribution >= 0.6 is 0 Å². The molecule has 0 atom stereocenters. The molecule has 21 heavy (non-hydrogen) atoms. The molecule has 0 saturated carbocycles. The van der Waals surface area contributed by atoms with Crippen LogP contribution in [0.25, 0.3) is 0 Å². The minimum Gasteiger partial charge on any atom is -0.397 e. The van der Waals surface area contributed by atoms with Gasteiger partial charge in [0.2, 0.25) is 0 Å². The number of carbonyl (C=O) groups excluding carboxylic acids is 2. The molecule has 0 radical (unpaired) electrons. The van der Waals surface area contributed by atoms with Crippen molar-refractivity contribution in [3.63, 3.8) is 0 Å². The lowest BCUT2D eigenvalue weighted by Crippen LogP contribution is -2.30. The number of halogens is 3. The SMILES string of the molecule is Nc1ccc(F)cc1N1C(=O)c2cc(F)c(F)cc2C1=O. The van der Waals surface area contributed by atoms with Gasteiger partial charge < -0.3 is 5.73 Å². The third-order valence-corrected chi connectivity index (χ3v) is 3.16. The van der Waals surface area contributed by atoms with Crippen molar-refractivity contribution < 1.29 is 22.8 Å². The van der Waals surface area contributed by atoms with Gasteiger partial charge in [-0.15, -0.1) is 0 Å². The molecule has 0 aromatic heterocycles. The second kappa shape index (κ2) is 4.34. The average Bonchev–Trinajstić information content (AvgIpc) is 2.66. The Morgan fingerprint density at radius 3 is 1.90 bits per heavy atom. The average molecular weight is 292 g/mol. The Bertz CT molecular complexity index is 764. The molecule has 3 rings (SSSR count). The van der Waals surface area contributed by atoms with Crippen LogP contribution in [0, 0.1) is 17.5 Å². The molecule has 0 fully saturated rings. The highest BCUT2D eigenvalue weighted by Gasteiger charge is 2.38. The number of amides is 2. The Morgan fingerprint density at radius 1 is 0.857 bits per heavy atom. The van der Waals surface area contributed by atoms with E-state index in [0.29, 0.717) is 17.0 Å². The molecule has 1 heterocycles. The van der Waals surface area contributed by atoms with E-state index in [-0.39, 0.29) is 22.5 Å². The van der Waals surface area contributed by atoms with E-state index in [1.165, 1.54) is 6.07 Å². The minimum absolute atomic E-state index is 0.00755. The molecule has 0 bridgehead atoms. The Morgan fingerprint density at radius 2 is 1.38 bits per heavy atom. The van der Waals surface area contributed by atoms with E-state index in [2.05, 4.69) is 0 Å². The molecule has 1 aliphatic heterocycles. The number of nitrogen functional groups attached to an aromatic ring is 1.